The molecule has 0 aromatic heterocycles. The van der Waals surface area contributed by atoms with E-state index in [4.69, 9.17) is 0 Å². The molecule has 1 saturated heterocycles. The Morgan fingerprint density at radius 2 is 1.90 bits per heavy atom. The second-order valence-electron chi connectivity index (χ2n) is 5.71. The van der Waals surface area contributed by atoms with E-state index in [0.717, 1.165) is 18.4 Å². The fraction of sp³-hybridized carbons (Fsp3) is 0.600. The number of piperidine rings is 1. The van der Waals surface area contributed by atoms with Gasteiger partial charge in [0.05, 0.1) is 4.90 Å². The maximum atomic E-state index is 12.6. The van der Waals surface area contributed by atoms with Gasteiger partial charge in [-0.2, -0.15) is 4.31 Å². The topological polar surface area (TPSA) is 49.4 Å². The summed E-state index contributed by atoms with van der Waals surface area (Å²) in [7, 11) is -1.47. The van der Waals surface area contributed by atoms with Gasteiger partial charge in [-0.1, -0.05) is 26.0 Å². The number of nitrogens with one attached hydrogen (secondary N) is 1. The van der Waals surface area contributed by atoms with E-state index in [0.29, 0.717) is 23.9 Å². The lowest BCUT2D eigenvalue weighted by atomic mass is 10.0. The highest BCUT2D eigenvalue weighted by Gasteiger charge is 2.29. The molecule has 1 N–H and O–H groups in total. The average molecular weight is 296 g/mol. The van der Waals surface area contributed by atoms with Crippen molar-refractivity contribution in [2.45, 2.75) is 43.5 Å². The number of hydrogen-bond acceptors (Lipinski definition) is 3. The van der Waals surface area contributed by atoms with Crippen LogP contribution in [0.15, 0.2) is 29.2 Å². The first-order valence-electron chi connectivity index (χ1n) is 7.22. The standard InChI is InChI=1S/C15H24N2O2S/c1-12(2)13-6-8-15(9-7-13)20(18,19)17-10-4-5-14(11-17)16-3/h6-9,12,14,16H,4-5,10-11H2,1-3H3. The maximum absolute atomic E-state index is 12.6. The zero-order chi connectivity index (χ0) is 14.8. The fourth-order valence-electron chi connectivity index (χ4n) is 2.57. The Hall–Kier alpha value is -0.910. The quantitative estimate of drug-likeness (QED) is 0.926. The number of rotatable bonds is 4. The summed E-state index contributed by atoms with van der Waals surface area (Å²) in [4.78, 5) is 0.402. The highest BCUT2D eigenvalue weighted by atomic mass is 32.2. The lowest BCUT2D eigenvalue weighted by molar-refractivity contribution is 0.293. The van der Waals surface area contributed by atoms with Crippen LogP contribution in [0.2, 0.25) is 0 Å². The normalized spacial score (nSPS) is 21.3. The van der Waals surface area contributed by atoms with Crippen LogP contribution in [-0.4, -0.2) is 38.9 Å². The number of nitrogens with zero attached hydrogens (tertiary/aromatic N) is 1. The van der Waals surface area contributed by atoms with E-state index in [2.05, 4.69) is 19.2 Å². The molecule has 112 valence electrons. The molecule has 1 aliphatic heterocycles. The van der Waals surface area contributed by atoms with Crippen molar-refractivity contribution in [3.63, 3.8) is 0 Å². The van der Waals surface area contributed by atoms with Crippen LogP contribution in [0.5, 0.6) is 0 Å². The molecule has 0 radical (unpaired) electrons. The van der Waals surface area contributed by atoms with Gasteiger partial charge in [-0.3, -0.25) is 0 Å². The predicted molar refractivity (Wildman–Crippen MR) is 81.4 cm³/mol. The predicted octanol–water partition coefficient (Wildman–Crippen LogP) is 2.18. The molecular formula is C15H24N2O2S. The largest absolute Gasteiger partial charge is 0.316 e. The first kappa shape index (κ1) is 15.5. The molecule has 0 amide bonds. The minimum absolute atomic E-state index is 0.258. The van der Waals surface area contributed by atoms with Gasteiger partial charge in [-0.05, 0) is 43.5 Å². The van der Waals surface area contributed by atoms with Crippen LogP contribution < -0.4 is 5.32 Å². The molecule has 1 atom stereocenters. The van der Waals surface area contributed by atoms with Gasteiger partial charge < -0.3 is 5.32 Å². The molecule has 1 heterocycles. The van der Waals surface area contributed by atoms with Crippen LogP contribution in [-0.2, 0) is 10.0 Å². The number of benzene rings is 1. The van der Waals surface area contributed by atoms with Crippen LogP contribution in [0.4, 0.5) is 0 Å². The Labute approximate surface area is 122 Å². The van der Waals surface area contributed by atoms with Crippen molar-refractivity contribution in [3.8, 4) is 0 Å². The Balaban J connectivity index is 2.21. The van der Waals surface area contributed by atoms with Gasteiger partial charge in [0.25, 0.3) is 0 Å². The van der Waals surface area contributed by atoms with E-state index in [-0.39, 0.29) is 6.04 Å². The highest BCUT2D eigenvalue weighted by Crippen LogP contribution is 2.22. The Morgan fingerprint density at radius 1 is 1.25 bits per heavy atom. The summed E-state index contributed by atoms with van der Waals surface area (Å²) in [5.74, 6) is 0.412. The summed E-state index contributed by atoms with van der Waals surface area (Å²) in [5, 5.41) is 3.18. The fourth-order valence-corrected chi connectivity index (χ4v) is 4.09. The molecule has 0 aliphatic carbocycles. The third-order valence-corrected chi connectivity index (χ3v) is 5.86. The van der Waals surface area contributed by atoms with Crippen LogP contribution in [0.3, 0.4) is 0 Å². The van der Waals surface area contributed by atoms with E-state index in [9.17, 15) is 8.42 Å². The Morgan fingerprint density at radius 3 is 2.45 bits per heavy atom. The molecule has 1 aliphatic rings. The van der Waals surface area contributed by atoms with Crippen molar-refractivity contribution >= 4 is 10.0 Å². The average Bonchev–Trinajstić information content (AvgIpc) is 2.47. The van der Waals surface area contributed by atoms with Crippen molar-refractivity contribution in [2.24, 2.45) is 0 Å². The lowest BCUT2D eigenvalue weighted by Gasteiger charge is -2.31. The summed E-state index contributed by atoms with van der Waals surface area (Å²) >= 11 is 0. The second kappa shape index (κ2) is 6.24. The molecular weight excluding hydrogens is 272 g/mol. The van der Waals surface area contributed by atoms with E-state index >= 15 is 0 Å². The van der Waals surface area contributed by atoms with Gasteiger partial charge in [0.2, 0.25) is 10.0 Å². The summed E-state index contributed by atoms with van der Waals surface area (Å²) in [6.07, 6.45) is 1.95. The van der Waals surface area contributed by atoms with Crippen LogP contribution in [0.1, 0.15) is 38.2 Å². The number of sulfonamides is 1. The first-order chi connectivity index (χ1) is 9.45. The smallest absolute Gasteiger partial charge is 0.243 e. The summed E-state index contributed by atoms with van der Waals surface area (Å²) < 4.78 is 26.9. The Bertz CT molecular complexity index is 537. The van der Waals surface area contributed by atoms with Gasteiger partial charge in [-0.25, -0.2) is 8.42 Å². The molecule has 0 spiro atoms. The SMILES string of the molecule is CNC1CCCN(S(=O)(=O)c2ccc(C(C)C)cc2)C1. The van der Waals surface area contributed by atoms with E-state index in [1.165, 1.54) is 0 Å². The zero-order valence-electron chi connectivity index (χ0n) is 12.5. The zero-order valence-corrected chi connectivity index (χ0v) is 13.3. The molecule has 1 aromatic rings. The van der Waals surface area contributed by atoms with Crippen LogP contribution in [0, 0.1) is 0 Å². The summed E-state index contributed by atoms with van der Waals surface area (Å²) in [6, 6.07) is 7.54. The third kappa shape index (κ3) is 3.22. The minimum atomic E-state index is -3.35. The molecule has 1 aromatic carbocycles. The van der Waals surface area contributed by atoms with Gasteiger partial charge in [0, 0.05) is 19.1 Å². The third-order valence-electron chi connectivity index (χ3n) is 3.98. The maximum Gasteiger partial charge on any atom is 0.243 e. The molecule has 4 nitrogen and oxygen atoms in total. The van der Waals surface area contributed by atoms with Crippen molar-refractivity contribution in [2.75, 3.05) is 20.1 Å². The second-order valence-corrected chi connectivity index (χ2v) is 7.65. The van der Waals surface area contributed by atoms with E-state index < -0.39 is 10.0 Å². The van der Waals surface area contributed by atoms with Crippen molar-refractivity contribution < 1.29 is 8.42 Å². The molecule has 0 saturated carbocycles. The summed E-state index contributed by atoms with van der Waals surface area (Å²) in [5.41, 5.74) is 1.16. The van der Waals surface area contributed by atoms with Crippen molar-refractivity contribution in [1.29, 1.82) is 0 Å². The number of likely N-dealkylation sites (N-methyl/N-ethyl adjacent to an activating group) is 1. The lowest BCUT2D eigenvalue weighted by Crippen LogP contribution is -2.46. The van der Waals surface area contributed by atoms with E-state index in [1.54, 1.807) is 16.4 Å². The monoisotopic (exact) mass is 296 g/mol. The van der Waals surface area contributed by atoms with Crippen molar-refractivity contribution in [3.05, 3.63) is 29.8 Å². The molecule has 1 fully saturated rings. The van der Waals surface area contributed by atoms with Crippen LogP contribution in [0.25, 0.3) is 0 Å². The minimum Gasteiger partial charge on any atom is -0.316 e. The highest BCUT2D eigenvalue weighted by molar-refractivity contribution is 7.89. The van der Waals surface area contributed by atoms with Gasteiger partial charge in [0.1, 0.15) is 0 Å². The van der Waals surface area contributed by atoms with E-state index in [1.807, 2.05) is 19.2 Å². The Kier molecular flexibility index (Phi) is 4.83. The molecule has 1 unspecified atom stereocenters. The first-order valence-corrected chi connectivity index (χ1v) is 8.66. The molecule has 20 heavy (non-hydrogen) atoms. The summed E-state index contributed by atoms with van der Waals surface area (Å²) in [6.45, 7) is 5.38. The van der Waals surface area contributed by atoms with Crippen molar-refractivity contribution in [1.82, 2.24) is 9.62 Å². The molecule has 2 rings (SSSR count). The molecule has 5 heteroatoms. The number of hydrogen-bond donors (Lipinski definition) is 1. The molecule has 0 bridgehead atoms. The van der Waals surface area contributed by atoms with Gasteiger partial charge >= 0.3 is 0 Å². The van der Waals surface area contributed by atoms with Crippen LogP contribution >= 0.6 is 0 Å². The van der Waals surface area contributed by atoms with Gasteiger partial charge in [0.15, 0.2) is 0 Å². The van der Waals surface area contributed by atoms with Gasteiger partial charge in [-0.15, -0.1) is 0 Å².